The highest BCUT2D eigenvalue weighted by molar-refractivity contribution is 8.25. The van der Waals surface area contributed by atoms with Crippen molar-refractivity contribution in [1.29, 1.82) is 0 Å². The number of aliphatic hydroxyl groups excluding tert-OH is 1. The van der Waals surface area contributed by atoms with Gasteiger partial charge in [-0.15, -0.1) is 10.8 Å². The van der Waals surface area contributed by atoms with Crippen LogP contribution in [0.2, 0.25) is 0 Å². The van der Waals surface area contributed by atoms with Gasteiger partial charge >= 0.3 is 0 Å². The number of anilines is 3. The first-order chi connectivity index (χ1) is 20.3. The molecule has 0 aliphatic carbocycles. The lowest BCUT2D eigenvalue weighted by molar-refractivity contribution is 0.0830. The van der Waals surface area contributed by atoms with Crippen molar-refractivity contribution in [3.63, 3.8) is 0 Å². The lowest BCUT2D eigenvalue weighted by Crippen LogP contribution is -2.48. The maximum Gasteiger partial charge on any atom is 0.251 e. The number of likely N-dealkylation sites (N-methyl/N-ethyl adjacent to an activating group) is 1. The number of hydrogen-bond donors (Lipinski definition) is 6. The van der Waals surface area contributed by atoms with Crippen LogP contribution in [-0.2, 0) is 19.5 Å². The topological polar surface area (TPSA) is 138 Å². The van der Waals surface area contributed by atoms with Crippen molar-refractivity contribution < 1.29 is 19.0 Å². The Morgan fingerprint density at radius 2 is 1.88 bits per heavy atom. The maximum atomic E-state index is 13.9. The van der Waals surface area contributed by atoms with Crippen LogP contribution in [0.5, 0.6) is 0 Å². The van der Waals surface area contributed by atoms with Gasteiger partial charge in [-0.2, -0.15) is 5.10 Å². The van der Waals surface area contributed by atoms with Gasteiger partial charge in [0.1, 0.15) is 0 Å². The van der Waals surface area contributed by atoms with Crippen molar-refractivity contribution in [3.8, 4) is 0 Å². The van der Waals surface area contributed by atoms with E-state index in [2.05, 4.69) is 32.9 Å². The fourth-order valence-corrected chi connectivity index (χ4v) is 7.27. The predicted molar refractivity (Wildman–Crippen MR) is 170 cm³/mol. The fourth-order valence-electron chi connectivity index (χ4n) is 5.65. The minimum Gasteiger partial charge on any atom is -0.390 e. The molecule has 0 spiro atoms. The molecule has 1 fully saturated rings. The monoisotopic (exact) mass is 597 g/mol. The SMILES string of the molecule is CCN1CCNc2c1cc(C(=O)N[C@@H](Cc1ccccc1)[C@@H](O)CNCc1cnn(CC)c1)cc2N1CCCS1(O)O. The summed E-state index contributed by atoms with van der Waals surface area (Å²) in [6, 6.07) is 12.9. The second kappa shape index (κ2) is 13.3. The number of carbonyl (C=O) groups excluding carboxylic acids is 1. The highest BCUT2D eigenvalue weighted by Crippen LogP contribution is 2.54. The second-order valence-electron chi connectivity index (χ2n) is 10.9. The molecule has 1 aromatic heterocycles. The molecule has 3 heterocycles. The zero-order valence-electron chi connectivity index (χ0n) is 24.4. The Morgan fingerprint density at radius 3 is 2.57 bits per heavy atom. The number of fused-ring (bicyclic) bond motifs is 1. The Balaban J connectivity index is 1.38. The summed E-state index contributed by atoms with van der Waals surface area (Å²) >= 11 is 0. The highest BCUT2D eigenvalue weighted by atomic mass is 32.3. The average Bonchev–Trinajstić information content (AvgIpc) is 3.61. The largest absolute Gasteiger partial charge is 0.390 e. The first-order valence-electron chi connectivity index (χ1n) is 14.7. The first-order valence-corrected chi connectivity index (χ1v) is 16.4. The van der Waals surface area contributed by atoms with Gasteiger partial charge in [0.05, 0.1) is 41.2 Å². The van der Waals surface area contributed by atoms with Gasteiger partial charge in [-0.1, -0.05) is 30.3 Å². The van der Waals surface area contributed by atoms with Crippen molar-refractivity contribution in [2.75, 3.05) is 53.0 Å². The van der Waals surface area contributed by atoms with Gasteiger partial charge in [0.2, 0.25) is 0 Å². The van der Waals surface area contributed by atoms with E-state index >= 15 is 0 Å². The average molecular weight is 598 g/mol. The third kappa shape index (κ3) is 6.84. The Kier molecular flexibility index (Phi) is 9.59. The zero-order valence-corrected chi connectivity index (χ0v) is 25.2. The molecule has 228 valence electrons. The number of aryl methyl sites for hydroxylation is 1. The van der Waals surface area contributed by atoms with E-state index in [0.29, 0.717) is 42.9 Å². The molecule has 2 atom stereocenters. The van der Waals surface area contributed by atoms with Gasteiger partial charge in [-0.3, -0.25) is 22.9 Å². The van der Waals surface area contributed by atoms with Crippen molar-refractivity contribution in [2.24, 2.45) is 0 Å². The van der Waals surface area contributed by atoms with Gasteiger partial charge in [-0.05, 0) is 44.4 Å². The number of amides is 1. The van der Waals surface area contributed by atoms with E-state index in [0.717, 1.165) is 48.7 Å². The molecule has 2 aromatic carbocycles. The van der Waals surface area contributed by atoms with Gasteiger partial charge in [0.25, 0.3) is 5.91 Å². The molecule has 3 aromatic rings. The molecular formula is C30H43N7O4S. The molecule has 0 unspecified atom stereocenters. The van der Waals surface area contributed by atoms with Gasteiger partial charge in [-0.25, -0.2) is 0 Å². The van der Waals surface area contributed by atoms with E-state index in [-0.39, 0.29) is 12.5 Å². The second-order valence-corrected chi connectivity index (χ2v) is 13.0. The van der Waals surface area contributed by atoms with Gasteiger partial charge in [0, 0.05) is 63.1 Å². The van der Waals surface area contributed by atoms with Crippen LogP contribution in [0.3, 0.4) is 0 Å². The van der Waals surface area contributed by atoms with Crippen LogP contribution in [0.15, 0.2) is 54.9 Å². The number of carbonyl (C=O) groups is 1. The number of rotatable bonds is 12. The van der Waals surface area contributed by atoms with Gasteiger partial charge in [0.15, 0.2) is 0 Å². The quantitative estimate of drug-likeness (QED) is 0.185. The first kappa shape index (κ1) is 30.2. The third-order valence-corrected chi connectivity index (χ3v) is 9.86. The van der Waals surface area contributed by atoms with E-state index in [1.54, 1.807) is 10.4 Å². The van der Waals surface area contributed by atoms with Crippen LogP contribution in [0.1, 0.15) is 41.8 Å². The molecule has 12 heteroatoms. The summed E-state index contributed by atoms with van der Waals surface area (Å²) in [5, 5.41) is 25.4. The summed E-state index contributed by atoms with van der Waals surface area (Å²) in [4.78, 5) is 16.1. The summed E-state index contributed by atoms with van der Waals surface area (Å²) < 4.78 is 25.1. The minimum atomic E-state index is -2.96. The van der Waals surface area contributed by atoms with E-state index in [1.165, 1.54) is 0 Å². The molecule has 0 saturated carbocycles. The molecule has 0 radical (unpaired) electrons. The molecule has 0 bridgehead atoms. The number of aliphatic hydroxyl groups is 1. The molecule has 1 amide bonds. The highest BCUT2D eigenvalue weighted by Gasteiger charge is 2.34. The molecule has 11 nitrogen and oxygen atoms in total. The Morgan fingerprint density at radius 1 is 1.10 bits per heavy atom. The third-order valence-electron chi connectivity index (χ3n) is 7.94. The van der Waals surface area contributed by atoms with Crippen LogP contribution in [0.4, 0.5) is 17.1 Å². The number of hydrogen-bond acceptors (Lipinski definition) is 9. The summed E-state index contributed by atoms with van der Waals surface area (Å²) in [7, 11) is -2.96. The van der Waals surface area contributed by atoms with E-state index in [9.17, 15) is 19.0 Å². The Bertz CT molecular complexity index is 1350. The Hall–Kier alpha value is -3.29. The maximum absolute atomic E-state index is 13.9. The summed E-state index contributed by atoms with van der Waals surface area (Å²) in [5.41, 5.74) is 4.75. The smallest absolute Gasteiger partial charge is 0.251 e. The summed E-state index contributed by atoms with van der Waals surface area (Å²) in [6.45, 7) is 8.50. The Labute approximate surface area is 249 Å². The molecule has 6 N–H and O–H groups in total. The molecule has 2 aliphatic rings. The van der Waals surface area contributed by atoms with E-state index in [4.69, 9.17) is 0 Å². The number of aromatic nitrogens is 2. The molecule has 42 heavy (non-hydrogen) atoms. The summed E-state index contributed by atoms with van der Waals surface area (Å²) in [5.74, 6) is -0.00617. The van der Waals surface area contributed by atoms with Crippen LogP contribution in [0.25, 0.3) is 0 Å². The number of nitrogens with one attached hydrogen (secondary N) is 3. The zero-order chi connectivity index (χ0) is 29.7. The van der Waals surface area contributed by atoms with Gasteiger partial charge < -0.3 is 26.0 Å². The lowest BCUT2D eigenvalue weighted by atomic mass is 10.00. The van der Waals surface area contributed by atoms with Crippen molar-refractivity contribution in [2.45, 2.75) is 51.9 Å². The van der Waals surface area contributed by atoms with Crippen molar-refractivity contribution in [3.05, 3.63) is 71.5 Å². The van der Waals surface area contributed by atoms with Crippen LogP contribution >= 0.6 is 10.8 Å². The molecule has 1 saturated heterocycles. The number of nitrogens with zero attached hydrogens (tertiary/aromatic N) is 4. The number of benzene rings is 2. The van der Waals surface area contributed by atoms with Crippen molar-refractivity contribution >= 4 is 33.7 Å². The molecule has 2 aliphatic heterocycles. The van der Waals surface area contributed by atoms with Crippen LogP contribution < -0.4 is 25.2 Å². The van der Waals surface area contributed by atoms with E-state index < -0.39 is 22.9 Å². The lowest BCUT2D eigenvalue weighted by Gasteiger charge is -2.41. The minimum absolute atomic E-state index is 0.284. The van der Waals surface area contributed by atoms with Crippen molar-refractivity contribution in [1.82, 2.24) is 20.4 Å². The molecular weight excluding hydrogens is 554 g/mol. The summed E-state index contributed by atoms with van der Waals surface area (Å²) in [6.07, 6.45) is 4.05. The molecule has 5 rings (SSSR count). The van der Waals surface area contributed by atoms with E-state index in [1.807, 2.05) is 60.4 Å². The normalized spacial score (nSPS) is 18.2. The fraction of sp³-hybridized carbons (Fsp3) is 0.467. The predicted octanol–water partition coefficient (Wildman–Crippen LogP) is 3.52. The standard InChI is InChI=1S/C30H43N7O4S/c1-3-35-13-11-32-29-26(35)16-24(17-27(29)37-12-8-14-42(37,40)41)30(39)34-25(15-22-9-6-5-7-10-22)28(38)20-31-18-23-19-33-36(4-2)21-23/h5-7,9-10,16-17,19,21,25,28,31-32,38,40-41H,3-4,8,11-15,18,20H2,1-2H3,(H,34,39)/t25-,28-/m0/s1. The van der Waals surface area contributed by atoms with Crippen LogP contribution in [0, 0.1) is 0 Å². The van der Waals surface area contributed by atoms with Crippen LogP contribution in [-0.4, -0.2) is 80.5 Å².